The molecular weight excluding hydrogens is 652 g/mol. The molecule has 0 bridgehead atoms. The van der Waals surface area contributed by atoms with Crippen molar-refractivity contribution in [1.82, 2.24) is 19.5 Å². The topological polar surface area (TPSA) is 99.4 Å². The van der Waals surface area contributed by atoms with E-state index in [9.17, 15) is 18.7 Å². The lowest BCUT2D eigenvalue weighted by atomic mass is 10.0. The van der Waals surface area contributed by atoms with Crippen molar-refractivity contribution in [3.05, 3.63) is 142 Å². The number of benzene rings is 3. The minimum atomic E-state index is -1.09. The summed E-state index contributed by atoms with van der Waals surface area (Å²) in [6.45, 7) is 0.722. The Hall–Kier alpha value is -6.06. The molecule has 0 saturated carbocycles. The van der Waals surface area contributed by atoms with Crippen LogP contribution in [0.2, 0.25) is 0 Å². The van der Waals surface area contributed by atoms with Crippen molar-refractivity contribution in [3.8, 4) is 29.0 Å². The number of ether oxygens (including phenoxy) is 2. The van der Waals surface area contributed by atoms with Gasteiger partial charge in [-0.1, -0.05) is 17.9 Å². The predicted octanol–water partition coefficient (Wildman–Crippen LogP) is 7.11. The molecular formula is C38H26F4N4O4. The molecule has 0 spiro atoms. The van der Waals surface area contributed by atoms with Gasteiger partial charge in [-0.3, -0.25) is 4.98 Å². The Morgan fingerprint density at radius 1 is 0.920 bits per heavy atom. The molecule has 1 N–H and O–H groups in total. The van der Waals surface area contributed by atoms with Crippen molar-refractivity contribution in [2.75, 3.05) is 6.61 Å². The Labute approximate surface area is 283 Å². The van der Waals surface area contributed by atoms with Gasteiger partial charge in [0.15, 0.2) is 0 Å². The first-order chi connectivity index (χ1) is 24.2. The summed E-state index contributed by atoms with van der Waals surface area (Å²) in [5.41, 5.74) is 2.09. The van der Waals surface area contributed by atoms with Crippen molar-refractivity contribution in [3.63, 3.8) is 0 Å². The fourth-order valence-electron chi connectivity index (χ4n) is 5.47. The van der Waals surface area contributed by atoms with Crippen molar-refractivity contribution >= 4 is 17.0 Å². The first-order valence-corrected chi connectivity index (χ1v) is 15.5. The first kappa shape index (κ1) is 32.5. The second kappa shape index (κ2) is 13.8. The van der Waals surface area contributed by atoms with Gasteiger partial charge < -0.3 is 19.1 Å². The van der Waals surface area contributed by atoms with Gasteiger partial charge in [-0.15, -0.1) is 0 Å². The Balaban J connectivity index is 1.08. The Kier molecular flexibility index (Phi) is 8.98. The fourth-order valence-corrected chi connectivity index (χ4v) is 5.47. The van der Waals surface area contributed by atoms with E-state index in [0.29, 0.717) is 41.1 Å². The largest absolute Gasteiger partial charge is 0.478 e. The van der Waals surface area contributed by atoms with Gasteiger partial charge in [-0.25, -0.2) is 32.3 Å². The number of carboxylic acids is 1. The van der Waals surface area contributed by atoms with Gasteiger partial charge in [-0.2, -0.15) is 0 Å². The summed E-state index contributed by atoms with van der Waals surface area (Å²) in [4.78, 5) is 24.6. The summed E-state index contributed by atoms with van der Waals surface area (Å²) in [6.07, 6.45) is 2.05. The van der Waals surface area contributed by atoms with E-state index in [1.807, 2.05) is 0 Å². The smallest absolute Gasteiger partial charge is 0.335 e. The number of pyridine rings is 2. The molecule has 0 aliphatic carbocycles. The third kappa shape index (κ3) is 7.04. The molecule has 1 aliphatic rings. The van der Waals surface area contributed by atoms with E-state index in [2.05, 4.69) is 26.8 Å². The normalized spacial score (nSPS) is 13.8. The molecule has 0 amide bonds. The molecule has 7 rings (SSSR count). The fraction of sp³-hybridized carbons (Fsp3) is 0.158. The molecule has 1 saturated heterocycles. The van der Waals surface area contributed by atoms with Crippen LogP contribution >= 0.6 is 0 Å². The molecule has 250 valence electrons. The Bertz CT molecular complexity index is 2310. The minimum absolute atomic E-state index is 0.0137. The Morgan fingerprint density at radius 3 is 2.46 bits per heavy atom. The number of aromatic nitrogens is 4. The van der Waals surface area contributed by atoms with E-state index in [-0.39, 0.29) is 58.9 Å². The van der Waals surface area contributed by atoms with Crippen LogP contribution in [0.3, 0.4) is 0 Å². The van der Waals surface area contributed by atoms with Gasteiger partial charge in [0.25, 0.3) is 0 Å². The zero-order valence-electron chi connectivity index (χ0n) is 26.2. The zero-order chi connectivity index (χ0) is 34.8. The minimum Gasteiger partial charge on any atom is -0.478 e. The van der Waals surface area contributed by atoms with E-state index in [1.165, 1.54) is 60.8 Å². The van der Waals surface area contributed by atoms with Gasteiger partial charge in [0.2, 0.25) is 5.88 Å². The lowest BCUT2D eigenvalue weighted by molar-refractivity contribution is -0.0589. The number of nitrogens with zero attached hydrogens (tertiary/aromatic N) is 4. The van der Waals surface area contributed by atoms with Crippen LogP contribution < -0.4 is 4.74 Å². The highest BCUT2D eigenvalue weighted by Crippen LogP contribution is 2.29. The lowest BCUT2D eigenvalue weighted by Gasteiger charge is -2.27. The summed E-state index contributed by atoms with van der Waals surface area (Å²) in [5.74, 6) is 2.52. The number of hydrogen-bond donors (Lipinski definition) is 1. The maximum absolute atomic E-state index is 15.6. The number of aromatic carboxylic acids is 1. The third-order valence-electron chi connectivity index (χ3n) is 8.21. The number of carbonyl (C=O) groups is 1. The summed E-state index contributed by atoms with van der Waals surface area (Å²) in [6, 6.07) is 18.0. The maximum atomic E-state index is 15.6. The van der Waals surface area contributed by atoms with Crippen LogP contribution in [0, 0.1) is 35.1 Å². The highest BCUT2D eigenvalue weighted by Gasteiger charge is 2.24. The number of hydrogen-bond acceptors (Lipinski definition) is 6. The molecule has 0 unspecified atom stereocenters. The van der Waals surface area contributed by atoms with Crippen molar-refractivity contribution in [2.45, 2.75) is 32.1 Å². The van der Waals surface area contributed by atoms with Gasteiger partial charge >= 0.3 is 5.97 Å². The van der Waals surface area contributed by atoms with Crippen molar-refractivity contribution in [2.24, 2.45) is 0 Å². The lowest BCUT2D eigenvalue weighted by Crippen LogP contribution is -2.31. The number of imidazole rings is 1. The van der Waals surface area contributed by atoms with Crippen LogP contribution in [0.1, 0.15) is 45.0 Å². The average Bonchev–Trinajstić information content (AvgIpc) is 3.43. The number of fused-ring (bicyclic) bond motifs is 1. The van der Waals surface area contributed by atoms with Crippen molar-refractivity contribution in [1.29, 1.82) is 0 Å². The summed E-state index contributed by atoms with van der Waals surface area (Å²) in [5, 5.41) is 9.49. The Morgan fingerprint density at radius 2 is 1.72 bits per heavy atom. The molecule has 1 aliphatic heterocycles. The molecule has 8 nitrogen and oxygen atoms in total. The quantitative estimate of drug-likeness (QED) is 0.129. The summed E-state index contributed by atoms with van der Waals surface area (Å²) < 4.78 is 72.0. The molecule has 3 aromatic heterocycles. The standard InChI is InChI=1S/C38H26F4N4O4/c39-26-9-6-22(7-10-26)4-5-23-14-31(42)34(43-19-23)21-50-37-3-1-2-32(45-37)28-18-29(40)25(15-30(28)41)17-36-44-33-11-8-24(38(47)48)16-35(33)46(36)20-27-12-13-49-27/h1-3,6-11,14-16,18-19,27H,12-13,17,20-21H2,(H,47,48)/t27-/m0/s1. The van der Waals surface area contributed by atoms with E-state index >= 15 is 8.78 Å². The highest BCUT2D eigenvalue weighted by molar-refractivity contribution is 5.92. The highest BCUT2D eigenvalue weighted by atomic mass is 19.1. The molecule has 3 aromatic carbocycles. The van der Waals surface area contributed by atoms with Gasteiger partial charge in [0.1, 0.15) is 41.4 Å². The third-order valence-corrected chi connectivity index (χ3v) is 8.21. The van der Waals surface area contributed by atoms with E-state index in [1.54, 1.807) is 16.7 Å². The van der Waals surface area contributed by atoms with Gasteiger partial charge in [-0.05, 0) is 78.7 Å². The second-order valence-electron chi connectivity index (χ2n) is 11.6. The number of halogens is 4. The average molecular weight is 679 g/mol. The van der Waals surface area contributed by atoms with E-state index in [4.69, 9.17) is 9.47 Å². The van der Waals surface area contributed by atoms with Crippen LogP contribution in [0.4, 0.5) is 17.6 Å². The van der Waals surface area contributed by atoms with Crippen LogP contribution in [0.15, 0.2) is 85.1 Å². The first-order valence-electron chi connectivity index (χ1n) is 15.5. The number of rotatable bonds is 9. The molecule has 1 fully saturated rings. The summed E-state index contributed by atoms with van der Waals surface area (Å²) >= 11 is 0. The molecule has 12 heteroatoms. The van der Waals surface area contributed by atoms with Crippen LogP contribution in [-0.4, -0.2) is 43.3 Å². The predicted molar refractivity (Wildman–Crippen MR) is 174 cm³/mol. The van der Waals surface area contributed by atoms with Crippen molar-refractivity contribution < 1.29 is 36.9 Å². The summed E-state index contributed by atoms with van der Waals surface area (Å²) in [7, 11) is 0. The van der Waals surface area contributed by atoms with E-state index in [0.717, 1.165) is 18.6 Å². The van der Waals surface area contributed by atoms with E-state index < -0.39 is 23.4 Å². The van der Waals surface area contributed by atoms with Crippen LogP contribution in [0.5, 0.6) is 5.88 Å². The molecule has 4 heterocycles. The zero-order valence-corrected chi connectivity index (χ0v) is 26.2. The molecule has 1 atom stereocenters. The van der Waals surface area contributed by atoms with Gasteiger partial charge in [0.05, 0.1) is 34.9 Å². The molecule has 0 radical (unpaired) electrons. The van der Waals surface area contributed by atoms with Gasteiger partial charge in [0, 0.05) is 42.0 Å². The maximum Gasteiger partial charge on any atom is 0.335 e. The monoisotopic (exact) mass is 678 g/mol. The SMILES string of the molecule is O=C(O)c1ccc2nc(Cc3cc(F)c(-c4cccc(OCc5ncc(C#Cc6ccc(F)cc6)cc5F)n4)cc3F)n(C[C@@H]3CCO3)c2c1. The molecule has 50 heavy (non-hydrogen) atoms. The number of carboxylic acid groups (broad SMARTS) is 1. The van der Waals surface area contributed by atoms with Crippen LogP contribution in [-0.2, 0) is 24.3 Å². The second-order valence-corrected chi connectivity index (χ2v) is 11.6. The molecule has 6 aromatic rings. The van der Waals surface area contributed by atoms with Crippen LogP contribution in [0.25, 0.3) is 22.3 Å².